The van der Waals surface area contributed by atoms with Gasteiger partial charge in [-0.1, -0.05) is 44.2 Å². The van der Waals surface area contributed by atoms with Crippen LogP contribution in [0.4, 0.5) is 0 Å². The van der Waals surface area contributed by atoms with Gasteiger partial charge < -0.3 is 5.32 Å². The SMILES string of the molecule is CC(C)CC(NC(C)C(=O)NC(C)C)c1ccccc1. The van der Waals surface area contributed by atoms with E-state index in [1.165, 1.54) is 5.56 Å². The fourth-order valence-corrected chi connectivity index (χ4v) is 2.24. The number of nitrogens with one attached hydrogen (secondary N) is 2. The first-order valence-electron chi connectivity index (χ1n) is 7.51. The number of benzene rings is 1. The summed E-state index contributed by atoms with van der Waals surface area (Å²) >= 11 is 0. The zero-order chi connectivity index (χ0) is 15.1. The Kier molecular flexibility index (Phi) is 6.73. The monoisotopic (exact) mass is 276 g/mol. The maximum Gasteiger partial charge on any atom is 0.237 e. The number of carbonyl (C=O) groups is 1. The molecule has 3 nitrogen and oxygen atoms in total. The van der Waals surface area contributed by atoms with Crippen molar-refractivity contribution < 1.29 is 4.79 Å². The van der Waals surface area contributed by atoms with Crippen LogP contribution in [0, 0.1) is 5.92 Å². The first kappa shape index (κ1) is 16.7. The summed E-state index contributed by atoms with van der Waals surface area (Å²) in [6.45, 7) is 10.3. The van der Waals surface area contributed by atoms with Crippen LogP contribution in [0.3, 0.4) is 0 Å². The average molecular weight is 276 g/mol. The molecule has 0 heterocycles. The van der Waals surface area contributed by atoms with Crippen molar-refractivity contribution in [2.45, 2.75) is 59.2 Å². The summed E-state index contributed by atoms with van der Waals surface area (Å²) < 4.78 is 0. The lowest BCUT2D eigenvalue weighted by molar-refractivity contribution is -0.123. The normalized spacial score (nSPS) is 14.3. The highest BCUT2D eigenvalue weighted by Crippen LogP contribution is 2.21. The van der Waals surface area contributed by atoms with Gasteiger partial charge >= 0.3 is 0 Å². The van der Waals surface area contributed by atoms with E-state index in [4.69, 9.17) is 0 Å². The highest BCUT2D eigenvalue weighted by atomic mass is 16.2. The largest absolute Gasteiger partial charge is 0.353 e. The van der Waals surface area contributed by atoms with Crippen LogP contribution < -0.4 is 10.6 Å². The lowest BCUT2D eigenvalue weighted by atomic mass is 9.96. The number of rotatable bonds is 7. The quantitative estimate of drug-likeness (QED) is 0.802. The van der Waals surface area contributed by atoms with E-state index in [0.29, 0.717) is 5.92 Å². The number of hydrogen-bond donors (Lipinski definition) is 2. The molecule has 112 valence electrons. The van der Waals surface area contributed by atoms with Gasteiger partial charge in [0, 0.05) is 12.1 Å². The summed E-state index contributed by atoms with van der Waals surface area (Å²) in [5, 5.41) is 6.41. The van der Waals surface area contributed by atoms with Crippen molar-refractivity contribution in [1.82, 2.24) is 10.6 Å². The molecule has 1 aromatic carbocycles. The maximum atomic E-state index is 12.0. The molecule has 0 spiro atoms. The van der Waals surface area contributed by atoms with Gasteiger partial charge in [0.05, 0.1) is 6.04 Å². The predicted molar refractivity (Wildman–Crippen MR) is 84.5 cm³/mol. The third-order valence-electron chi connectivity index (χ3n) is 3.18. The van der Waals surface area contributed by atoms with Gasteiger partial charge in [-0.2, -0.15) is 0 Å². The summed E-state index contributed by atoms with van der Waals surface area (Å²) in [5.74, 6) is 0.637. The number of carbonyl (C=O) groups excluding carboxylic acids is 1. The van der Waals surface area contributed by atoms with Crippen LogP contribution in [0.5, 0.6) is 0 Å². The van der Waals surface area contributed by atoms with Crippen LogP contribution in [0.25, 0.3) is 0 Å². The Morgan fingerprint density at radius 2 is 1.65 bits per heavy atom. The van der Waals surface area contributed by atoms with Gasteiger partial charge in [-0.25, -0.2) is 0 Å². The first-order valence-corrected chi connectivity index (χ1v) is 7.51. The van der Waals surface area contributed by atoms with Gasteiger partial charge in [-0.15, -0.1) is 0 Å². The molecular weight excluding hydrogens is 248 g/mol. The summed E-state index contributed by atoms with van der Waals surface area (Å²) in [7, 11) is 0. The molecule has 0 aliphatic rings. The van der Waals surface area contributed by atoms with Crippen molar-refractivity contribution >= 4 is 5.91 Å². The second-order valence-corrected chi connectivity index (χ2v) is 6.14. The van der Waals surface area contributed by atoms with Gasteiger partial charge in [0.2, 0.25) is 5.91 Å². The molecule has 0 aromatic heterocycles. The lowest BCUT2D eigenvalue weighted by Crippen LogP contribution is -2.46. The highest BCUT2D eigenvalue weighted by Gasteiger charge is 2.20. The molecule has 0 radical (unpaired) electrons. The van der Waals surface area contributed by atoms with Crippen molar-refractivity contribution in [3.63, 3.8) is 0 Å². The topological polar surface area (TPSA) is 41.1 Å². The average Bonchev–Trinajstić information content (AvgIpc) is 2.37. The molecule has 1 rings (SSSR count). The number of amides is 1. The van der Waals surface area contributed by atoms with Crippen molar-refractivity contribution in [3.8, 4) is 0 Å². The fourth-order valence-electron chi connectivity index (χ4n) is 2.24. The lowest BCUT2D eigenvalue weighted by Gasteiger charge is -2.25. The second-order valence-electron chi connectivity index (χ2n) is 6.14. The molecule has 0 saturated carbocycles. The Hall–Kier alpha value is -1.35. The van der Waals surface area contributed by atoms with E-state index in [2.05, 4.69) is 36.6 Å². The molecule has 0 bridgehead atoms. The minimum absolute atomic E-state index is 0.0599. The van der Waals surface area contributed by atoms with E-state index in [-0.39, 0.29) is 24.0 Å². The molecule has 0 saturated heterocycles. The summed E-state index contributed by atoms with van der Waals surface area (Å²) in [6, 6.07) is 10.5. The van der Waals surface area contributed by atoms with Crippen molar-refractivity contribution in [2.75, 3.05) is 0 Å². The van der Waals surface area contributed by atoms with Crippen LogP contribution in [0.1, 0.15) is 52.6 Å². The predicted octanol–water partition coefficient (Wildman–Crippen LogP) is 3.28. The molecular formula is C17H28N2O. The summed E-state index contributed by atoms with van der Waals surface area (Å²) in [6.07, 6.45) is 1.02. The Morgan fingerprint density at radius 3 is 2.15 bits per heavy atom. The van der Waals surface area contributed by atoms with Gasteiger partial charge in [0.15, 0.2) is 0 Å². The van der Waals surface area contributed by atoms with Crippen LogP contribution in [-0.4, -0.2) is 18.0 Å². The van der Waals surface area contributed by atoms with E-state index in [0.717, 1.165) is 6.42 Å². The van der Waals surface area contributed by atoms with E-state index >= 15 is 0 Å². The van der Waals surface area contributed by atoms with E-state index < -0.39 is 0 Å². The zero-order valence-corrected chi connectivity index (χ0v) is 13.3. The van der Waals surface area contributed by atoms with Crippen LogP contribution in [0.15, 0.2) is 30.3 Å². The highest BCUT2D eigenvalue weighted by molar-refractivity contribution is 5.81. The third-order valence-corrected chi connectivity index (χ3v) is 3.18. The van der Waals surface area contributed by atoms with Crippen LogP contribution >= 0.6 is 0 Å². The van der Waals surface area contributed by atoms with Crippen LogP contribution in [-0.2, 0) is 4.79 Å². The Bertz CT molecular complexity index is 401. The molecule has 1 amide bonds. The first-order chi connectivity index (χ1) is 9.40. The standard InChI is InChI=1S/C17H28N2O/c1-12(2)11-16(15-9-7-6-8-10-15)19-14(5)17(20)18-13(3)4/h6-10,12-14,16,19H,11H2,1-5H3,(H,18,20). The minimum Gasteiger partial charge on any atom is -0.353 e. The molecule has 0 fully saturated rings. The van der Waals surface area contributed by atoms with Gasteiger partial charge in [0.25, 0.3) is 0 Å². The maximum absolute atomic E-state index is 12.0. The smallest absolute Gasteiger partial charge is 0.237 e. The summed E-state index contributed by atoms with van der Waals surface area (Å²) in [4.78, 5) is 12.0. The van der Waals surface area contributed by atoms with Crippen LogP contribution in [0.2, 0.25) is 0 Å². The Labute approximate surface area is 123 Å². The minimum atomic E-state index is -0.193. The van der Waals surface area contributed by atoms with Gasteiger partial charge in [-0.05, 0) is 38.7 Å². The van der Waals surface area contributed by atoms with E-state index in [9.17, 15) is 4.79 Å². The molecule has 1 aromatic rings. The van der Waals surface area contributed by atoms with Crippen molar-refractivity contribution in [2.24, 2.45) is 5.92 Å². The summed E-state index contributed by atoms with van der Waals surface area (Å²) in [5.41, 5.74) is 1.24. The van der Waals surface area contributed by atoms with E-state index in [1.807, 2.05) is 39.0 Å². The molecule has 2 N–H and O–H groups in total. The molecule has 3 heteroatoms. The van der Waals surface area contributed by atoms with Crippen molar-refractivity contribution in [1.29, 1.82) is 0 Å². The molecule has 0 aliphatic heterocycles. The van der Waals surface area contributed by atoms with E-state index in [1.54, 1.807) is 0 Å². The third kappa shape index (κ3) is 5.74. The molecule has 2 unspecified atom stereocenters. The Balaban J connectivity index is 2.72. The van der Waals surface area contributed by atoms with Gasteiger partial charge in [0.1, 0.15) is 0 Å². The fraction of sp³-hybridized carbons (Fsp3) is 0.588. The Morgan fingerprint density at radius 1 is 1.05 bits per heavy atom. The molecule has 0 aliphatic carbocycles. The zero-order valence-electron chi connectivity index (χ0n) is 13.3. The molecule has 20 heavy (non-hydrogen) atoms. The second kappa shape index (κ2) is 8.05. The van der Waals surface area contributed by atoms with Crippen molar-refractivity contribution in [3.05, 3.63) is 35.9 Å². The number of hydrogen-bond acceptors (Lipinski definition) is 2. The molecule has 2 atom stereocenters. The van der Waals surface area contributed by atoms with Gasteiger partial charge in [-0.3, -0.25) is 10.1 Å².